The molecule has 2 aromatic carbocycles. The number of likely N-dealkylation sites (tertiary alicyclic amines) is 1. The average Bonchev–Trinajstić information content (AvgIpc) is 2.75. The van der Waals surface area contributed by atoms with Crippen LogP contribution in [-0.4, -0.2) is 47.2 Å². The minimum atomic E-state index is -0.882. The molecule has 3 rings (SSSR count). The van der Waals surface area contributed by atoms with Gasteiger partial charge in [0, 0.05) is 24.2 Å². The van der Waals surface area contributed by atoms with Crippen molar-refractivity contribution in [2.75, 3.05) is 20.2 Å². The molecule has 1 amide bonds. The standard InChI is InChI=1S/C22H22ClNO5S/c1-29-18-6-2-3-7-19(18)30-20-12-16(23)14(11-17(20)25)8-9-21(26)24-10-4-5-15(13-24)22(27)28/h2-3,6-9,11-12,15,25H,4-5,10,13H2,1H3,(H,27,28)/b9-8+. The Kier molecular flexibility index (Phi) is 7.29. The van der Waals surface area contributed by atoms with Gasteiger partial charge in [-0.25, -0.2) is 0 Å². The van der Waals surface area contributed by atoms with E-state index in [2.05, 4.69) is 0 Å². The Hall–Kier alpha value is -2.64. The van der Waals surface area contributed by atoms with Gasteiger partial charge in [-0.2, -0.15) is 0 Å². The van der Waals surface area contributed by atoms with Crippen molar-refractivity contribution in [1.29, 1.82) is 0 Å². The molecule has 6 nitrogen and oxygen atoms in total. The van der Waals surface area contributed by atoms with Gasteiger partial charge in [-0.1, -0.05) is 35.5 Å². The summed E-state index contributed by atoms with van der Waals surface area (Å²) < 4.78 is 5.33. The van der Waals surface area contributed by atoms with E-state index in [1.165, 1.54) is 34.9 Å². The number of aliphatic carboxylic acids is 1. The molecule has 0 radical (unpaired) electrons. The third-order valence-corrected chi connectivity index (χ3v) is 6.29. The van der Waals surface area contributed by atoms with Crippen molar-refractivity contribution in [2.45, 2.75) is 22.6 Å². The van der Waals surface area contributed by atoms with E-state index in [9.17, 15) is 14.7 Å². The number of benzene rings is 2. The Morgan fingerprint density at radius 3 is 2.77 bits per heavy atom. The topological polar surface area (TPSA) is 87.1 Å². The lowest BCUT2D eigenvalue weighted by Gasteiger charge is -2.29. The third-order valence-electron chi connectivity index (χ3n) is 4.86. The number of methoxy groups -OCH3 is 1. The molecule has 0 spiro atoms. The minimum Gasteiger partial charge on any atom is -0.507 e. The summed E-state index contributed by atoms with van der Waals surface area (Å²) >= 11 is 7.69. The average molecular weight is 448 g/mol. The largest absolute Gasteiger partial charge is 0.507 e. The van der Waals surface area contributed by atoms with Crippen molar-refractivity contribution < 1.29 is 24.5 Å². The fourth-order valence-electron chi connectivity index (χ4n) is 3.24. The first kappa shape index (κ1) is 22.1. The maximum Gasteiger partial charge on any atom is 0.308 e. The van der Waals surface area contributed by atoms with Gasteiger partial charge in [0.1, 0.15) is 11.5 Å². The van der Waals surface area contributed by atoms with E-state index in [1.807, 2.05) is 24.3 Å². The van der Waals surface area contributed by atoms with Crippen molar-refractivity contribution in [3.05, 3.63) is 53.1 Å². The van der Waals surface area contributed by atoms with Crippen molar-refractivity contribution in [2.24, 2.45) is 5.92 Å². The van der Waals surface area contributed by atoms with E-state index in [0.717, 1.165) is 4.90 Å². The Bertz CT molecular complexity index is 978. The second-order valence-electron chi connectivity index (χ2n) is 6.89. The smallest absolute Gasteiger partial charge is 0.308 e. The zero-order valence-electron chi connectivity index (χ0n) is 16.4. The number of phenolic OH excluding ortho intramolecular Hbond substituents is 1. The van der Waals surface area contributed by atoms with Gasteiger partial charge in [-0.3, -0.25) is 9.59 Å². The summed E-state index contributed by atoms with van der Waals surface area (Å²) in [6.45, 7) is 0.729. The van der Waals surface area contributed by atoms with Crippen LogP contribution in [0.25, 0.3) is 6.08 Å². The first-order valence-electron chi connectivity index (χ1n) is 9.42. The Morgan fingerprint density at radius 1 is 1.27 bits per heavy atom. The second-order valence-corrected chi connectivity index (χ2v) is 8.38. The number of carboxylic acid groups (broad SMARTS) is 1. The van der Waals surface area contributed by atoms with Gasteiger partial charge in [0.25, 0.3) is 0 Å². The van der Waals surface area contributed by atoms with E-state index >= 15 is 0 Å². The lowest BCUT2D eigenvalue weighted by molar-refractivity contribution is -0.144. The number of carbonyl (C=O) groups is 2. The molecule has 30 heavy (non-hydrogen) atoms. The van der Waals surface area contributed by atoms with Gasteiger partial charge in [0.05, 0.1) is 22.8 Å². The van der Waals surface area contributed by atoms with Gasteiger partial charge in [0.15, 0.2) is 0 Å². The summed E-state index contributed by atoms with van der Waals surface area (Å²) in [5, 5.41) is 20.0. The molecule has 0 bridgehead atoms. The molecule has 1 unspecified atom stereocenters. The number of phenols is 1. The quantitative estimate of drug-likeness (QED) is 0.632. The summed E-state index contributed by atoms with van der Waals surface area (Å²) in [6.07, 6.45) is 4.13. The molecular formula is C22H22ClNO5S. The number of aromatic hydroxyl groups is 1. The summed E-state index contributed by atoms with van der Waals surface area (Å²) in [4.78, 5) is 26.5. The van der Waals surface area contributed by atoms with Crippen LogP contribution in [0.2, 0.25) is 5.02 Å². The molecule has 0 aromatic heterocycles. The zero-order chi connectivity index (χ0) is 21.7. The van der Waals surface area contributed by atoms with Crippen LogP contribution in [0.3, 0.4) is 0 Å². The summed E-state index contributed by atoms with van der Waals surface area (Å²) in [5.41, 5.74) is 0.499. The number of carboxylic acids is 1. The number of carbonyl (C=O) groups excluding carboxylic acids is 1. The molecule has 1 aliphatic rings. The normalized spacial score (nSPS) is 16.6. The van der Waals surface area contributed by atoms with Crippen molar-refractivity contribution in [1.82, 2.24) is 4.90 Å². The minimum absolute atomic E-state index is 0.0336. The predicted octanol–water partition coefficient (Wildman–Crippen LogP) is 4.54. The number of amides is 1. The number of para-hydroxylation sites is 1. The molecule has 158 valence electrons. The highest BCUT2D eigenvalue weighted by Crippen LogP contribution is 2.41. The van der Waals surface area contributed by atoms with Gasteiger partial charge in [-0.15, -0.1) is 0 Å². The van der Waals surface area contributed by atoms with Crippen LogP contribution in [0.15, 0.2) is 52.3 Å². The Balaban J connectivity index is 1.73. The number of hydrogen-bond acceptors (Lipinski definition) is 5. The second kappa shape index (κ2) is 9.91. The molecule has 8 heteroatoms. The maximum absolute atomic E-state index is 12.4. The molecule has 1 atom stereocenters. The van der Waals surface area contributed by atoms with Crippen LogP contribution in [0.4, 0.5) is 0 Å². The number of nitrogens with zero attached hydrogens (tertiary/aromatic N) is 1. The Labute approximate surface area is 184 Å². The monoisotopic (exact) mass is 447 g/mol. The molecule has 2 aromatic rings. The van der Waals surface area contributed by atoms with Crippen LogP contribution in [0.5, 0.6) is 11.5 Å². The van der Waals surface area contributed by atoms with Crippen LogP contribution in [0.1, 0.15) is 18.4 Å². The van der Waals surface area contributed by atoms with Gasteiger partial charge in [-0.05, 0) is 48.7 Å². The SMILES string of the molecule is COc1ccccc1Sc1cc(Cl)c(/C=C/C(=O)N2CCCC(C(=O)O)C2)cc1O. The van der Waals surface area contributed by atoms with E-state index in [1.54, 1.807) is 13.2 Å². The van der Waals surface area contributed by atoms with E-state index < -0.39 is 11.9 Å². The van der Waals surface area contributed by atoms with Crippen molar-refractivity contribution >= 4 is 41.3 Å². The molecule has 1 aliphatic heterocycles. The number of rotatable bonds is 6. The Morgan fingerprint density at radius 2 is 2.03 bits per heavy atom. The molecule has 1 saturated heterocycles. The highest BCUT2D eigenvalue weighted by molar-refractivity contribution is 7.99. The lowest BCUT2D eigenvalue weighted by atomic mass is 9.98. The van der Waals surface area contributed by atoms with Crippen LogP contribution >= 0.6 is 23.4 Å². The van der Waals surface area contributed by atoms with E-state index in [0.29, 0.717) is 40.6 Å². The summed E-state index contributed by atoms with van der Waals surface area (Å²) in [7, 11) is 1.58. The molecule has 2 N–H and O–H groups in total. The molecular weight excluding hydrogens is 426 g/mol. The van der Waals surface area contributed by atoms with Crippen molar-refractivity contribution in [3.63, 3.8) is 0 Å². The highest BCUT2D eigenvalue weighted by atomic mass is 35.5. The highest BCUT2D eigenvalue weighted by Gasteiger charge is 2.27. The summed E-state index contributed by atoms with van der Waals surface area (Å²) in [5.74, 6) is -0.966. The molecule has 0 saturated carbocycles. The maximum atomic E-state index is 12.4. The van der Waals surface area contributed by atoms with Gasteiger partial charge >= 0.3 is 5.97 Å². The van der Waals surface area contributed by atoms with Crippen LogP contribution in [-0.2, 0) is 9.59 Å². The number of ether oxygens (including phenoxy) is 1. The first-order chi connectivity index (χ1) is 14.4. The first-order valence-corrected chi connectivity index (χ1v) is 10.6. The number of piperidine rings is 1. The summed E-state index contributed by atoms with van der Waals surface area (Å²) in [6, 6.07) is 10.6. The predicted molar refractivity (Wildman–Crippen MR) is 116 cm³/mol. The fourth-order valence-corrected chi connectivity index (χ4v) is 4.50. The van der Waals surface area contributed by atoms with E-state index in [4.69, 9.17) is 21.4 Å². The fraction of sp³-hybridized carbons (Fsp3) is 0.273. The van der Waals surface area contributed by atoms with Crippen LogP contribution in [0, 0.1) is 5.92 Å². The van der Waals surface area contributed by atoms with Gasteiger partial charge < -0.3 is 19.8 Å². The van der Waals surface area contributed by atoms with Crippen LogP contribution < -0.4 is 4.74 Å². The molecule has 0 aliphatic carbocycles. The third kappa shape index (κ3) is 5.29. The van der Waals surface area contributed by atoms with Crippen molar-refractivity contribution in [3.8, 4) is 11.5 Å². The molecule has 1 heterocycles. The number of halogens is 1. The van der Waals surface area contributed by atoms with Gasteiger partial charge in [0.2, 0.25) is 5.91 Å². The zero-order valence-corrected chi connectivity index (χ0v) is 17.9. The number of hydrogen-bond donors (Lipinski definition) is 2. The lowest BCUT2D eigenvalue weighted by Crippen LogP contribution is -2.41. The molecule has 1 fully saturated rings. The van der Waals surface area contributed by atoms with E-state index in [-0.39, 0.29) is 18.2 Å².